The van der Waals surface area contributed by atoms with Crippen LogP contribution in [-0.2, 0) is 11.2 Å². The molecular weight excluding hydrogens is 467 g/mol. The SMILES string of the molecule is CC(C)N1CC(N=CC(=CN)c2ccn3c(-c4cccc(CC(=O)CCC(F)(F)F)c4)cnc3c2)C1. The highest BCUT2D eigenvalue weighted by atomic mass is 19.4. The lowest BCUT2D eigenvalue weighted by Crippen LogP contribution is -2.52. The highest BCUT2D eigenvalue weighted by Crippen LogP contribution is 2.26. The number of carbonyl (C=O) groups is 1. The van der Waals surface area contributed by atoms with Crippen LogP contribution in [0, 0.1) is 0 Å². The summed E-state index contributed by atoms with van der Waals surface area (Å²) in [5.74, 6) is -0.436. The summed E-state index contributed by atoms with van der Waals surface area (Å²) in [6, 6.07) is 11.9. The monoisotopic (exact) mass is 497 g/mol. The third-order valence-corrected chi connectivity index (χ3v) is 6.38. The number of aromatic nitrogens is 2. The normalized spacial score (nSPS) is 15.8. The number of pyridine rings is 1. The Hall–Kier alpha value is -3.46. The highest BCUT2D eigenvalue weighted by molar-refractivity contribution is 6.10. The van der Waals surface area contributed by atoms with Crippen molar-refractivity contribution in [1.82, 2.24) is 14.3 Å². The van der Waals surface area contributed by atoms with Gasteiger partial charge in [0.15, 0.2) is 0 Å². The van der Waals surface area contributed by atoms with Gasteiger partial charge in [0.1, 0.15) is 11.4 Å². The fourth-order valence-electron chi connectivity index (χ4n) is 4.21. The van der Waals surface area contributed by atoms with E-state index < -0.39 is 24.8 Å². The molecule has 0 radical (unpaired) electrons. The number of halogens is 3. The molecule has 0 saturated carbocycles. The lowest BCUT2D eigenvalue weighted by Gasteiger charge is -2.39. The number of benzene rings is 1. The third kappa shape index (κ3) is 6.20. The number of hydrogen-bond donors (Lipinski definition) is 1. The summed E-state index contributed by atoms with van der Waals surface area (Å²) in [6.45, 7) is 6.24. The van der Waals surface area contributed by atoms with Crippen molar-refractivity contribution >= 4 is 23.2 Å². The second-order valence-corrected chi connectivity index (χ2v) is 9.42. The molecule has 3 heterocycles. The molecule has 3 aromatic rings. The molecule has 36 heavy (non-hydrogen) atoms. The standard InChI is InChI=1S/C27H30F3N5O/c1-18(2)34-16-23(17-34)32-14-22(13-31)20-7-9-35-25(15-33-26(35)12-20)21-5-3-4-19(10-21)11-24(36)6-8-27(28,29)30/h3-5,7,9-10,12-15,18,23H,6,8,11,16-17,31H2,1-2H3. The minimum atomic E-state index is -4.33. The van der Waals surface area contributed by atoms with Crippen LogP contribution in [0.4, 0.5) is 13.2 Å². The smallest absolute Gasteiger partial charge is 0.389 e. The summed E-state index contributed by atoms with van der Waals surface area (Å²) >= 11 is 0. The van der Waals surface area contributed by atoms with Gasteiger partial charge in [-0.15, -0.1) is 0 Å². The van der Waals surface area contributed by atoms with Crippen LogP contribution < -0.4 is 5.73 Å². The number of nitrogens with two attached hydrogens (primary N) is 1. The Labute approximate surface area is 208 Å². The topological polar surface area (TPSA) is 76.0 Å². The minimum Gasteiger partial charge on any atom is -0.404 e. The third-order valence-electron chi connectivity index (χ3n) is 6.38. The highest BCUT2D eigenvalue weighted by Gasteiger charge is 2.28. The first kappa shape index (κ1) is 25.6. The van der Waals surface area contributed by atoms with Gasteiger partial charge in [0, 0.05) is 61.7 Å². The summed E-state index contributed by atoms with van der Waals surface area (Å²) in [4.78, 5) is 23.6. The number of fused-ring (bicyclic) bond motifs is 1. The fourth-order valence-corrected chi connectivity index (χ4v) is 4.21. The van der Waals surface area contributed by atoms with Crippen LogP contribution in [0.2, 0.25) is 0 Å². The van der Waals surface area contributed by atoms with Gasteiger partial charge in [-0.1, -0.05) is 18.2 Å². The first-order valence-corrected chi connectivity index (χ1v) is 12.0. The van der Waals surface area contributed by atoms with Gasteiger partial charge >= 0.3 is 6.18 Å². The average Bonchev–Trinajstić information content (AvgIpc) is 3.22. The largest absolute Gasteiger partial charge is 0.404 e. The first-order chi connectivity index (χ1) is 17.1. The second kappa shape index (κ2) is 10.7. The maximum absolute atomic E-state index is 12.4. The van der Waals surface area contributed by atoms with Crippen LogP contribution in [0.3, 0.4) is 0 Å². The minimum absolute atomic E-state index is 0.0370. The molecule has 2 N–H and O–H groups in total. The Morgan fingerprint density at radius 1 is 1.25 bits per heavy atom. The molecule has 190 valence electrons. The van der Waals surface area contributed by atoms with Gasteiger partial charge in [-0.05, 0) is 43.2 Å². The van der Waals surface area contributed by atoms with Crippen molar-refractivity contribution in [3.63, 3.8) is 0 Å². The molecule has 0 atom stereocenters. The van der Waals surface area contributed by atoms with E-state index in [0.29, 0.717) is 11.6 Å². The predicted octanol–water partition coefficient (Wildman–Crippen LogP) is 4.92. The van der Waals surface area contributed by atoms with E-state index in [2.05, 4.69) is 28.7 Å². The molecule has 1 fully saturated rings. The molecule has 1 aliphatic heterocycles. The Bertz CT molecular complexity index is 1290. The molecule has 9 heteroatoms. The van der Waals surface area contributed by atoms with Gasteiger partial charge in [0.25, 0.3) is 0 Å². The zero-order chi connectivity index (χ0) is 25.9. The zero-order valence-corrected chi connectivity index (χ0v) is 20.4. The van der Waals surface area contributed by atoms with Crippen LogP contribution in [0.15, 0.2) is 60.0 Å². The van der Waals surface area contributed by atoms with E-state index in [4.69, 9.17) is 5.73 Å². The van der Waals surface area contributed by atoms with Gasteiger partial charge in [-0.25, -0.2) is 4.98 Å². The Balaban J connectivity index is 1.48. The van der Waals surface area contributed by atoms with E-state index >= 15 is 0 Å². The van der Waals surface area contributed by atoms with Gasteiger partial charge in [0.2, 0.25) is 0 Å². The molecule has 2 aromatic heterocycles. The molecule has 0 aliphatic carbocycles. The van der Waals surface area contributed by atoms with E-state index in [0.717, 1.165) is 41.1 Å². The Morgan fingerprint density at radius 3 is 2.72 bits per heavy atom. The lowest BCUT2D eigenvalue weighted by atomic mass is 10.0. The Kier molecular flexibility index (Phi) is 7.59. The van der Waals surface area contributed by atoms with E-state index in [-0.39, 0.29) is 12.5 Å². The number of aliphatic imine (C=N–C) groups is 1. The molecule has 0 spiro atoms. The summed E-state index contributed by atoms with van der Waals surface area (Å²) in [6.07, 6.45) is 1.02. The van der Waals surface area contributed by atoms with Crippen LogP contribution in [0.25, 0.3) is 22.5 Å². The van der Waals surface area contributed by atoms with Crippen molar-refractivity contribution < 1.29 is 18.0 Å². The van der Waals surface area contributed by atoms with Crippen LogP contribution in [0.1, 0.15) is 37.8 Å². The predicted molar refractivity (Wildman–Crippen MR) is 136 cm³/mol. The lowest BCUT2D eigenvalue weighted by molar-refractivity contribution is -0.143. The number of hydrogen-bond acceptors (Lipinski definition) is 5. The summed E-state index contributed by atoms with van der Waals surface area (Å²) in [5, 5.41) is 0. The van der Waals surface area contributed by atoms with E-state index in [1.807, 2.05) is 41.1 Å². The number of imidazole rings is 1. The molecule has 6 nitrogen and oxygen atoms in total. The molecule has 0 unspecified atom stereocenters. The number of alkyl halides is 3. The van der Waals surface area contributed by atoms with Crippen molar-refractivity contribution in [2.75, 3.05) is 13.1 Å². The first-order valence-electron chi connectivity index (χ1n) is 12.0. The van der Waals surface area contributed by atoms with E-state index in [1.54, 1.807) is 18.3 Å². The van der Waals surface area contributed by atoms with Gasteiger partial charge < -0.3 is 5.73 Å². The van der Waals surface area contributed by atoms with Crippen molar-refractivity contribution in [2.24, 2.45) is 10.7 Å². The maximum atomic E-state index is 12.4. The van der Waals surface area contributed by atoms with Gasteiger partial charge in [0.05, 0.1) is 24.4 Å². The molecule has 1 aromatic carbocycles. The van der Waals surface area contributed by atoms with Gasteiger partial charge in [-0.2, -0.15) is 13.2 Å². The van der Waals surface area contributed by atoms with Crippen LogP contribution >= 0.6 is 0 Å². The summed E-state index contributed by atoms with van der Waals surface area (Å²) < 4.78 is 39.2. The number of allylic oxidation sites excluding steroid dienone is 1. The van der Waals surface area contributed by atoms with Crippen LogP contribution in [0.5, 0.6) is 0 Å². The number of Topliss-reactive ketones (excluding diaryl/α,β-unsaturated/α-hetero) is 1. The summed E-state index contributed by atoms with van der Waals surface area (Å²) in [7, 11) is 0. The van der Waals surface area contributed by atoms with Crippen molar-refractivity contribution in [1.29, 1.82) is 0 Å². The molecular formula is C27H30F3N5O. The molecule has 0 bridgehead atoms. The molecule has 0 amide bonds. The number of likely N-dealkylation sites (tertiary alicyclic amines) is 1. The molecule has 1 saturated heterocycles. The van der Waals surface area contributed by atoms with E-state index in [1.165, 1.54) is 6.20 Å². The van der Waals surface area contributed by atoms with E-state index in [9.17, 15) is 18.0 Å². The molecule has 1 aliphatic rings. The number of nitrogens with zero attached hydrogens (tertiary/aromatic N) is 4. The summed E-state index contributed by atoms with van der Waals surface area (Å²) in [5.41, 5.74) is 10.6. The number of ketones is 1. The average molecular weight is 498 g/mol. The maximum Gasteiger partial charge on any atom is 0.389 e. The number of rotatable bonds is 9. The van der Waals surface area contributed by atoms with Crippen molar-refractivity contribution in [2.45, 2.75) is 51.4 Å². The zero-order valence-electron chi connectivity index (χ0n) is 20.4. The second-order valence-electron chi connectivity index (χ2n) is 9.42. The Morgan fingerprint density at radius 2 is 2.03 bits per heavy atom. The van der Waals surface area contributed by atoms with Crippen molar-refractivity contribution in [3.05, 3.63) is 66.1 Å². The number of carbonyl (C=O) groups excluding carboxylic acids is 1. The van der Waals surface area contributed by atoms with Crippen molar-refractivity contribution in [3.8, 4) is 11.3 Å². The fraction of sp³-hybridized carbons (Fsp3) is 0.370. The van der Waals surface area contributed by atoms with Gasteiger partial charge in [-0.3, -0.25) is 19.1 Å². The van der Waals surface area contributed by atoms with Crippen LogP contribution in [-0.4, -0.2) is 57.6 Å². The molecule has 4 rings (SSSR count). The quantitative estimate of drug-likeness (QED) is 0.426.